The summed E-state index contributed by atoms with van der Waals surface area (Å²) in [5.74, 6) is -1.80. The van der Waals surface area contributed by atoms with Crippen LogP contribution in [-0.2, 0) is 11.3 Å². The number of hydrogen-bond donors (Lipinski definition) is 2. The molecule has 34 heavy (non-hydrogen) atoms. The number of benzodiazepines with no additional fused rings is 1. The molecule has 10 heteroatoms. The van der Waals surface area contributed by atoms with Gasteiger partial charge in [0.1, 0.15) is 11.6 Å². The topological polar surface area (TPSA) is 56.7 Å². The summed E-state index contributed by atoms with van der Waals surface area (Å²) in [6, 6.07) is 15.8. The normalized spacial score (nSPS) is 15.3. The molecule has 0 spiro atoms. The van der Waals surface area contributed by atoms with E-state index >= 15 is 0 Å². The molecule has 0 aromatic heterocycles. The van der Waals surface area contributed by atoms with Crippen LogP contribution in [0.1, 0.15) is 16.7 Å². The molecule has 0 bridgehead atoms. The Hall–Kier alpha value is -3.07. The molecular weight excluding hydrogens is 501 g/mol. The van der Waals surface area contributed by atoms with Crippen LogP contribution < -0.4 is 15.5 Å². The van der Waals surface area contributed by atoms with Gasteiger partial charge in [0.15, 0.2) is 5.11 Å². The Morgan fingerprint density at radius 2 is 1.76 bits per heavy atom. The number of amides is 1. The van der Waals surface area contributed by atoms with Crippen molar-refractivity contribution in [2.24, 2.45) is 4.99 Å². The van der Waals surface area contributed by atoms with Crippen molar-refractivity contribution in [1.29, 1.82) is 0 Å². The van der Waals surface area contributed by atoms with Crippen LogP contribution in [0, 0.1) is 11.6 Å². The number of anilines is 1. The van der Waals surface area contributed by atoms with E-state index in [1.165, 1.54) is 11.0 Å². The number of benzene rings is 3. The number of carbonyl (C=O) groups is 1. The third-order valence-corrected chi connectivity index (χ3v) is 6.11. The number of nitrogens with one attached hydrogen (secondary N) is 2. The van der Waals surface area contributed by atoms with Gasteiger partial charge >= 0.3 is 0 Å². The molecule has 2 N–H and O–H groups in total. The number of halogens is 4. The maximum Gasteiger partial charge on any atom is 0.272 e. The Morgan fingerprint density at radius 3 is 2.47 bits per heavy atom. The summed E-state index contributed by atoms with van der Waals surface area (Å²) in [5, 5.41) is 6.48. The van der Waals surface area contributed by atoms with Gasteiger partial charge in [0.2, 0.25) is 6.17 Å². The Morgan fingerprint density at radius 1 is 1.06 bits per heavy atom. The molecule has 0 radical (unpaired) electrons. The van der Waals surface area contributed by atoms with E-state index < -0.39 is 23.7 Å². The smallest absolute Gasteiger partial charge is 0.272 e. The first-order valence-corrected chi connectivity index (χ1v) is 11.3. The summed E-state index contributed by atoms with van der Waals surface area (Å²) >= 11 is 18.0. The van der Waals surface area contributed by atoms with Crippen molar-refractivity contribution in [1.82, 2.24) is 10.6 Å². The minimum Gasteiger partial charge on any atom is -0.358 e. The van der Waals surface area contributed by atoms with E-state index in [1.54, 1.807) is 43.4 Å². The van der Waals surface area contributed by atoms with Gasteiger partial charge in [0, 0.05) is 40.3 Å². The number of likely N-dealkylation sites (N-methyl/N-ethyl adjacent to an activating group) is 1. The number of fused-ring (bicyclic) bond motifs is 1. The summed E-state index contributed by atoms with van der Waals surface area (Å²) < 4.78 is 27.9. The molecular formula is C24H18Cl2F2N4OS. The molecule has 1 aliphatic rings. The molecule has 3 aromatic rings. The van der Waals surface area contributed by atoms with Crippen molar-refractivity contribution in [2.45, 2.75) is 12.7 Å². The Kier molecular flexibility index (Phi) is 7.11. The summed E-state index contributed by atoms with van der Waals surface area (Å²) in [6.07, 6.45) is -1.13. The molecule has 1 heterocycles. The summed E-state index contributed by atoms with van der Waals surface area (Å²) in [6.45, 7) is -0.210. The highest BCUT2D eigenvalue weighted by Crippen LogP contribution is 2.31. The first-order chi connectivity index (χ1) is 16.3. The van der Waals surface area contributed by atoms with Crippen molar-refractivity contribution >= 4 is 57.8 Å². The van der Waals surface area contributed by atoms with E-state index in [1.807, 2.05) is 6.07 Å². The van der Waals surface area contributed by atoms with E-state index in [0.717, 1.165) is 12.1 Å². The van der Waals surface area contributed by atoms with E-state index in [2.05, 4.69) is 15.6 Å². The van der Waals surface area contributed by atoms with Crippen LogP contribution in [0.3, 0.4) is 0 Å². The monoisotopic (exact) mass is 518 g/mol. The number of nitrogens with zero attached hydrogens (tertiary/aromatic N) is 2. The van der Waals surface area contributed by atoms with Crippen LogP contribution in [0.25, 0.3) is 0 Å². The lowest BCUT2D eigenvalue weighted by molar-refractivity contribution is -0.119. The van der Waals surface area contributed by atoms with Gasteiger partial charge in [-0.05, 0) is 48.6 Å². The number of carbonyl (C=O) groups excluding carboxylic acids is 1. The second-order valence-electron chi connectivity index (χ2n) is 7.45. The molecule has 1 unspecified atom stereocenters. The molecule has 0 saturated carbocycles. The van der Waals surface area contributed by atoms with Gasteiger partial charge in [0.05, 0.1) is 11.4 Å². The van der Waals surface area contributed by atoms with Crippen molar-refractivity contribution in [3.05, 3.63) is 99.0 Å². The Balaban J connectivity index is 1.67. The highest BCUT2D eigenvalue weighted by Gasteiger charge is 2.31. The fourth-order valence-corrected chi connectivity index (χ4v) is 4.13. The van der Waals surface area contributed by atoms with Gasteiger partial charge in [-0.2, -0.15) is 0 Å². The zero-order valence-electron chi connectivity index (χ0n) is 17.8. The minimum absolute atomic E-state index is 0.000602. The van der Waals surface area contributed by atoms with Crippen LogP contribution >= 0.6 is 35.4 Å². The predicted molar refractivity (Wildman–Crippen MR) is 135 cm³/mol. The first-order valence-electron chi connectivity index (χ1n) is 10.1. The first kappa shape index (κ1) is 24.1. The zero-order valence-corrected chi connectivity index (χ0v) is 20.1. The average Bonchev–Trinajstić information content (AvgIpc) is 2.89. The van der Waals surface area contributed by atoms with Gasteiger partial charge in [-0.1, -0.05) is 47.5 Å². The third-order valence-electron chi connectivity index (χ3n) is 5.28. The highest BCUT2D eigenvalue weighted by molar-refractivity contribution is 7.80. The summed E-state index contributed by atoms with van der Waals surface area (Å²) in [5.41, 5.74) is 2.09. The Bertz CT molecular complexity index is 1300. The van der Waals surface area contributed by atoms with Crippen LogP contribution in [-0.4, -0.2) is 29.9 Å². The van der Waals surface area contributed by atoms with Crippen LogP contribution in [0.2, 0.25) is 10.0 Å². The lowest BCUT2D eigenvalue weighted by Gasteiger charge is -2.22. The molecule has 0 fully saturated rings. The van der Waals surface area contributed by atoms with Crippen LogP contribution in [0.5, 0.6) is 0 Å². The maximum atomic E-state index is 13.9. The zero-order chi connectivity index (χ0) is 24.4. The number of aliphatic imine (C=N–C) groups is 1. The van der Waals surface area contributed by atoms with Crippen molar-refractivity contribution < 1.29 is 13.6 Å². The van der Waals surface area contributed by atoms with Crippen molar-refractivity contribution in [3.63, 3.8) is 0 Å². The highest BCUT2D eigenvalue weighted by atomic mass is 35.5. The molecule has 174 valence electrons. The van der Waals surface area contributed by atoms with E-state index in [-0.39, 0.29) is 17.2 Å². The molecule has 1 amide bonds. The van der Waals surface area contributed by atoms with E-state index in [4.69, 9.17) is 35.4 Å². The summed E-state index contributed by atoms with van der Waals surface area (Å²) in [4.78, 5) is 19.3. The minimum atomic E-state index is -1.13. The second-order valence-corrected chi connectivity index (χ2v) is 8.70. The van der Waals surface area contributed by atoms with Gasteiger partial charge in [-0.25, -0.2) is 13.8 Å². The molecule has 0 saturated heterocycles. The van der Waals surface area contributed by atoms with Crippen LogP contribution in [0.4, 0.5) is 14.5 Å². The predicted octanol–water partition coefficient (Wildman–Crippen LogP) is 5.08. The van der Waals surface area contributed by atoms with Gasteiger partial charge < -0.3 is 15.5 Å². The summed E-state index contributed by atoms with van der Waals surface area (Å²) in [7, 11) is 1.61. The molecule has 5 nitrogen and oxygen atoms in total. The molecule has 1 atom stereocenters. The number of rotatable bonds is 4. The van der Waals surface area contributed by atoms with Crippen molar-refractivity contribution in [3.8, 4) is 0 Å². The fourth-order valence-electron chi connectivity index (χ4n) is 3.55. The lowest BCUT2D eigenvalue weighted by Crippen LogP contribution is -2.49. The van der Waals surface area contributed by atoms with Crippen LogP contribution in [0.15, 0.2) is 65.7 Å². The van der Waals surface area contributed by atoms with Gasteiger partial charge in [-0.15, -0.1) is 0 Å². The fraction of sp³-hybridized carbons (Fsp3) is 0.125. The SMILES string of the molecule is CN1C(=O)C(NC(=S)NCc2c(F)cccc2F)N=C(c2ccccc2Cl)c2cc(Cl)ccc21. The van der Waals surface area contributed by atoms with Gasteiger partial charge in [-0.3, -0.25) is 4.79 Å². The molecule has 1 aliphatic heterocycles. The second kappa shape index (κ2) is 10.0. The largest absolute Gasteiger partial charge is 0.358 e. The number of thiocarbonyl (C=S) groups is 1. The lowest BCUT2D eigenvalue weighted by atomic mass is 10.00. The average molecular weight is 519 g/mol. The Labute approximate surface area is 210 Å². The van der Waals surface area contributed by atoms with Crippen molar-refractivity contribution in [2.75, 3.05) is 11.9 Å². The third kappa shape index (κ3) is 4.89. The molecule has 3 aromatic carbocycles. The van der Waals surface area contributed by atoms with Gasteiger partial charge in [0.25, 0.3) is 5.91 Å². The number of hydrogen-bond acceptors (Lipinski definition) is 3. The molecule has 0 aliphatic carbocycles. The molecule has 4 rings (SSSR count). The van der Waals surface area contributed by atoms with E-state index in [0.29, 0.717) is 32.6 Å². The quantitative estimate of drug-likeness (QED) is 0.473. The standard InChI is InChI=1S/C24H18Cl2F2N4OS/c1-32-20-10-9-13(25)11-15(20)21(14-5-2-3-6-17(14)26)30-22(23(32)33)31-24(34)29-12-16-18(27)7-4-8-19(16)28/h2-11,22H,12H2,1H3,(H2,29,31,34). The maximum absolute atomic E-state index is 13.9. The van der Waals surface area contributed by atoms with E-state index in [9.17, 15) is 13.6 Å².